The number of phenolic OH excluding ortho intramolecular Hbond substituents is 1. The van der Waals surface area contributed by atoms with Gasteiger partial charge < -0.3 is 24.7 Å². The molecule has 0 spiro atoms. The van der Waals surface area contributed by atoms with Gasteiger partial charge in [-0.1, -0.05) is 6.92 Å². The summed E-state index contributed by atoms with van der Waals surface area (Å²) < 4.78 is 15.7. The van der Waals surface area contributed by atoms with Gasteiger partial charge in [-0.3, -0.25) is 9.59 Å². The molecule has 8 nitrogen and oxygen atoms in total. The average Bonchev–Trinajstić information content (AvgIpc) is 2.63. The van der Waals surface area contributed by atoms with Crippen LogP contribution in [0.1, 0.15) is 34.8 Å². The van der Waals surface area contributed by atoms with Gasteiger partial charge in [-0.2, -0.15) is 0 Å². The van der Waals surface area contributed by atoms with Crippen molar-refractivity contribution in [3.05, 3.63) is 33.2 Å². The molecule has 1 aromatic heterocycles. The molecule has 0 saturated heterocycles. The lowest BCUT2D eigenvalue weighted by atomic mass is 9.93. The van der Waals surface area contributed by atoms with Crippen molar-refractivity contribution in [1.82, 2.24) is 0 Å². The Morgan fingerprint density at radius 3 is 2.67 bits per heavy atom. The summed E-state index contributed by atoms with van der Waals surface area (Å²) in [5.74, 6) is -1.35. The number of ether oxygens (including phenoxy) is 2. The molecule has 27 heavy (non-hydrogen) atoms. The zero-order chi connectivity index (χ0) is 20.1. The highest BCUT2D eigenvalue weighted by Gasteiger charge is 2.23. The molecule has 0 aliphatic carbocycles. The second-order valence-electron chi connectivity index (χ2n) is 6.18. The van der Waals surface area contributed by atoms with E-state index in [2.05, 4.69) is 0 Å². The van der Waals surface area contributed by atoms with Crippen LogP contribution in [0.15, 0.2) is 15.3 Å². The topological polar surface area (TPSA) is 129 Å². The van der Waals surface area contributed by atoms with Gasteiger partial charge in [-0.15, -0.1) is 0 Å². The van der Waals surface area contributed by atoms with Crippen molar-refractivity contribution in [2.75, 3.05) is 20.3 Å². The summed E-state index contributed by atoms with van der Waals surface area (Å²) in [6.07, 6.45) is 1.01. The summed E-state index contributed by atoms with van der Waals surface area (Å²) in [6, 6.07) is 1.50. The van der Waals surface area contributed by atoms with Gasteiger partial charge >= 0.3 is 5.63 Å². The lowest BCUT2D eigenvalue weighted by Crippen LogP contribution is -2.27. The maximum atomic E-state index is 12.4. The molecule has 0 fully saturated rings. The molecule has 1 amide bonds. The number of phenols is 1. The molecular formula is C19H23NO7. The van der Waals surface area contributed by atoms with E-state index in [1.165, 1.54) is 13.2 Å². The number of rotatable bonds is 9. The van der Waals surface area contributed by atoms with Gasteiger partial charge in [0.05, 0.1) is 6.61 Å². The molecule has 0 aliphatic rings. The third kappa shape index (κ3) is 4.11. The number of methoxy groups -OCH3 is 1. The molecule has 1 atom stereocenters. The Hall–Kier alpha value is -2.87. The van der Waals surface area contributed by atoms with Gasteiger partial charge in [0.15, 0.2) is 23.4 Å². The van der Waals surface area contributed by atoms with Crippen LogP contribution in [0.25, 0.3) is 11.0 Å². The molecule has 0 bridgehead atoms. The maximum absolute atomic E-state index is 12.4. The average molecular weight is 377 g/mol. The van der Waals surface area contributed by atoms with Crippen LogP contribution in [0.4, 0.5) is 0 Å². The lowest BCUT2D eigenvalue weighted by molar-refractivity contribution is -0.121. The Kier molecular flexibility index (Phi) is 6.57. The number of carbonyl (C=O) groups is 2. The van der Waals surface area contributed by atoms with Crippen LogP contribution >= 0.6 is 0 Å². The minimum absolute atomic E-state index is 0.0278. The fraction of sp³-hybridized carbons (Fsp3) is 0.421. The molecule has 146 valence electrons. The second kappa shape index (κ2) is 8.68. The summed E-state index contributed by atoms with van der Waals surface area (Å²) in [6.45, 7) is 3.94. The number of aldehydes is 1. The van der Waals surface area contributed by atoms with Gasteiger partial charge in [-0.25, -0.2) is 4.79 Å². The molecular weight excluding hydrogens is 354 g/mol. The van der Waals surface area contributed by atoms with Crippen molar-refractivity contribution in [2.24, 2.45) is 11.7 Å². The quantitative estimate of drug-likeness (QED) is 0.386. The molecule has 8 heteroatoms. The molecule has 0 radical (unpaired) electrons. The maximum Gasteiger partial charge on any atom is 0.339 e. The number of amides is 1. The van der Waals surface area contributed by atoms with Gasteiger partial charge in [-0.05, 0) is 31.4 Å². The minimum Gasteiger partial charge on any atom is -0.504 e. The van der Waals surface area contributed by atoms with Crippen LogP contribution < -0.4 is 16.1 Å². The highest BCUT2D eigenvalue weighted by molar-refractivity contribution is 6.00. The number of nitrogens with two attached hydrogens (primary N) is 1. The second-order valence-corrected chi connectivity index (χ2v) is 6.18. The third-order valence-electron chi connectivity index (χ3n) is 4.56. The standard InChI is InChI=1S/C19H23NO7/c1-4-11(18(20)23)7-13-10(2)12-8-15(26-6-5-25-3)16(22)14(9-21)17(12)27-19(13)24/h8-9,11,22H,4-7H2,1-3H3,(H2,20,23). The van der Waals surface area contributed by atoms with Crippen molar-refractivity contribution in [2.45, 2.75) is 26.7 Å². The molecule has 2 rings (SSSR count). The first-order valence-electron chi connectivity index (χ1n) is 8.54. The molecule has 2 aromatic rings. The molecule has 0 aliphatic heterocycles. The van der Waals surface area contributed by atoms with E-state index in [0.717, 1.165) is 0 Å². The van der Waals surface area contributed by atoms with Crippen LogP contribution in [-0.2, 0) is 16.0 Å². The first-order chi connectivity index (χ1) is 12.8. The van der Waals surface area contributed by atoms with Gasteiger partial charge in [0.1, 0.15) is 12.2 Å². The van der Waals surface area contributed by atoms with Gasteiger partial charge in [0, 0.05) is 24.0 Å². The molecule has 0 saturated carbocycles. The summed E-state index contributed by atoms with van der Waals surface area (Å²) >= 11 is 0. The predicted molar refractivity (Wildman–Crippen MR) is 98.3 cm³/mol. The van der Waals surface area contributed by atoms with Gasteiger partial charge in [0.25, 0.3) is 0 Å². The first kappa shape index (κ1) is 20.4. The number of aryl methyl sites for hydroxylation is 1. The monoisotopic (exact) mass is 377 g/mol. The summed E-state index contributed by atoms with van der Waals surface area (Å²) in [5, 5.41) is 10.7. The Morgan fingerprint density at radius 1 is 1.41 bits per heavy atom. The molecule has 1 aromatic carbocycles. The van der Waals surface area contributed by atoms with Gasteiger partial charge in [0.2, 0.25) is 5.91 Å². The Labute approximate surface area is 155 Å². The van der Waals surface area contributed by atoms with Crippen molar-refractivity contribution >= 4 is 23.2 Å². The van der Waals surface area contributed by atoms with E-state index in [4.69, 9.17) is 19.6 Å². The summed E-state index contributed by atoms with van der Waals surface area (Å²) in [4.78, 5) is 35.5. The fourth-order valence-corrected chi connectivity index (χ4v) is 2.89. The zero-order valence-corrected chi connectivity index (χ0v) is 15.5. The third-order valence-corrected chi connectivity index (χ3v) is 4.56. The Bertz CT molecular complexity index is 917. The number of primary amides is 1. The van der Waals surface area contributed by atoms with Crippen LogP contribution in [-0.4, -0.2) is 37.6 Å². The van der Waals surface area contributed by atoms with E-state index in [9.17, 15) is 19.5 Å². The number of benzene rings is 1. The predicted octanol–water partition coefficient (Wildman–Crippen LogP) is 1.70. The summed E-state index contributed by atoms with van der Waals surface area (Å²) in [5.41, 5.74) is 5.36. The Morgan fingerprint density at radius 2 is 2.11 bits per heavy atom. The van der Waals surface area contributed by atoms with E-state index in [1.54, 1.807) is 13.8 Å². The van der Waals surface area contributed by atoms with Crippen LogP contribution in [0.5, 0.6) is 11.5 Å². The number of aromatic hydroxyl groups is 1. The van der Waals surface area contributed by atoms with E-state index in [-0.39, 0.29) is 29.9 Å². The summed E-state index contributed by atoms with van der Waals surface area (Å²) in [7, 11) is 1.51. The molecule has 3 N–H and O–H groups in total. The number of fused-ring (bicyclic) bond motifs is 1. The smallest absolute Gasteiger partial charge is 0.339 e. The van der Waals surface area contributed by atoms with Crippen molar-refractivity contribution in [3.8, 4) is 11.5 Å². The normalized spacial score (nSPS) is 12.1. The van der Waals surface area contributed by atoms with E-state index < -0.39 is 23.2 Å². The largest absolute Gasteiger partial charge is 0.504 e. The lowest BCUT2D eigenvalue weighted by Gasteiger charge is -2.15. The SMILES string of the molecule is CCC(Cc1c(C)c2cc(OCCOC)c(O)c(C=O)c2oc1=O)C(N)=O. The fourth-order valence-electron chi connectivity index (χ4n) is 2.89. The van der Waals surface area contributed by atoms with Crippen LogP contribution in [0.3, 0.4) is 0 Å². The molecule has 1 heterocycles. The van der Waals surface area contributed by atoms with E-state index >= 15 is 0 Å². The number of carbonyl (C=O) groups excluding carboxylic acids is 2. The van der Waals surface area contributed by atoms with E-state index in [1.807, 2.05) is 0 Å². The van der Waals surface area contributed by atoms with Crippen molar-refractivity contribution in [1.29, 1.82) is 0 Å². The molecule has 1 unspecified atom stereocenters. The Balaban J connectivity index is 2.66. The minimum atomic E-state index is -0.671. The highest BCUT2D eigenvalue weighted by atomic mass is 16.5. The number of hydrogen-bond acceptors (Lipinski definition) is 7. The highest BCUT2D eigenvalue weighted by Crippen LogP contribution is 2.37. The van der Waals surface area contributed by atoms with Crippen LogP contribution in [0, 0.1) is 12.8 Å². The van der Waals surface area contributed by atoms with Crippen molar-refractivity contribution in [3.63, 3.8) is 0 Å². The number of hydrogen-bond donors (Lipinski definition) is 2. The zero-order valence-electron chi connectivity index (χ0n) is 15.5. The van der Waals surface area contributed by atoms with Crippen molar-refractivity contribution < 1.29 is 28.6 Å². The van der Waals surface area contributed by atoms with Crippen LogP contribution in [0.2, 0.25) is 0 Å². The first-order valence-corrected chi connectivity index (χ1v) is 8.54. The van der Waals surface area contributed by atoms with E-state index in [0.29, 0.717) is 35.8 Å².